The van der Waals surface area contributed by atoms with Crippen LogP contribution in [0.25, 0.3) is 0 Å². The molecule has 1 N–H and O–H groups in total. The third-order valence-electron chi connectivity index (χ3n) is 4.12. The maximum Gasteiger partial charge on any atom is 0.0713 e. The highest BCUT2D eigenvalue weighted by atomic mass is 35.5. The van der Waals surface area contributed by atoms with Crippen molar-refractivity contribution in [2.75, 3.05) is 20.2 Å². The van der Waals surface area contributed by atoms with E-state index in [-0.39, 0.29) is 0 Å². The molecule has 1 aliphatic rings. The minimum Gasteiger partial charge on any atom is -0.380 e. The Bertz CT molecular complexity index is 598. The van der Waals surface area contributed by atoms with Gasteiger partial charge in [0.25, 0.3) is 0 Å². The fraction of sp³-hybridized carbons (Fsp3) is 0.400. The zero-order chi connectivity index (χ0) is 17.2. The van der Waals surface area contributed by atoms with Crippen LogP contribution in [0.5, 0.6) is 0 Å². The van der Waals surface area contributed by atoms with E-state index in [1.165, 1.54) is 37.9 Å². The molecule has 0 bridgehead atoms. The Hall–Kier alpha value is -1.06. The van der Waals surface area contributed by atoms with Crippen LogP contribution < -0.4 is 5.32 Å². The summed E-state index contributed by atoms with van der Waals surface area (Å²) in [7, 11) is 1.64. The van der Waals surface area contributed by atoms with Crippen molar-refractivity contribution in [3.05, 3.63) is 69.7 Å². The average Bonchev–Trinajstić information content (AvgIpc) is 2.61. The Morgan fingerprint density at radius 2 is 1.67 bits per heavy atom. The van der Waals surface area contributed by atoms with Gasteiger partial charge in [0, 0.05) is 7.11 Å². The Balaban J connectivity index is 0.000000177. The second-order valence-corrected chi connectivity index (χ2v) is 6.88. The number of halogens is 2. The number of hydrogen-bond donors (Lipinski definition) is 1. The largest absolute Gasteiger partial charge is 0.380 e. The lowest BCUT2D eigenvalue weighted by atomic mass is 9.91. The monoisotopic (exact) mass is 365 g/mol. The van der Waals surface area contributed by atoms with Gasteiger partial charge in [-0.2, -0.15) is 0 Å². The standard InChI is InChI=1S/C12H17N.C8H8Cl2O/c1-2-4-11(5-3-1)10-12-6-8-13-9-7-12;1-11-5-6-2-3-7(9)8(10)4-6/h1-5,12-13H,6-10H2;2-4H,5H2,1H3. The highest BCUT2D eigenvalue weighted by Crippen LogP contribution is 2.22. The van der Waals surface area contributed by atoms with Gasteiger partial charge >= 0.3 is 0 Å². The van der Waals surface area contributed by atoms with E-state index >= 15 is 0 Å². The molecular formula is C20H25Cl2NO. The molecule has 0 amide bonds. The zero-order valence-corrected chi connectivity index (χ0v) is 15.6. The predicted molar refractivity (Wildman–Crippen MR) is 103 cm³/mol. The number of rotatable bonds is 4. The molecule has 2 aromatic rings. The molecule has 1 saturated heterocycles. The van der Waals surface area contributed by atoms with E-state index in [2.05, 4.69) is 35.6 Å². The van der Waals surface area contributed by atoms with Gasteiger partial charge in [-0.3, -0.25) is 0 Å². The third-order valence-corrected chi connectivity index (χ3v) is 4.86. The molecule has 0 aliphatic carbocycles. The van der Waals surface area contributed by atoms with Crippen LogP contribution in [0.1, 0.15) is 24.0 Å². The summed E-state index contributed by atoms with van der Waals surface area (Å²) in [5.74, 6) is 0.906. The highest BCUT2D eigenvalue weighted by Gasteiger charge is 2.12. The highest BCUT2D eigenvalue weighted by molar-refractivity contribution is 6.42. The summed E-state index contributed by atoms with van der Waals surface area (Å²) in [5.41, 5.74) is 2.52. The maximum atomic E-state index is 5.76. The second-order valence-electron chi connectivity index (χ2n) is 6.06. The summed E-state index contributed by atoms with van der Waals surface area (Å²) >= 11 is 11.5. The van der Waals surface area contributed by atoms with Crippen LogP contribution in [0.3, 0.4) is 0 Å². The lowest BCUT2D eigenvalue weighted by Gasteiger charge is -2.22. The average molecular weight is 366 g/mol. The van der Waals surface area contributed by atoms with Gasteiger partial charge in [-0.1, -0.05) is 59.6 Å². The number of piperidine rings is 1. The minimum atomic E-state index is 0.566. The molecule has 0 spiro atoms. The van der Waals surface area contributed by atoms with E-state index in [0.29, 0.717) is 16.7 Å². The van der Waals surface area contributed by atoms with Gasteiger partial charge in [-0.05, 0) is 61.5 Å². The van der Waals surface area contributed by atoms with Crippen molar-refractivity contribution in [3.63, 3.8) is 0 Å². The quantitative estimate of drug-likeness (QED) is 0.786. The molecule has 0 atom stereocenters. The van der Waals surface area contributed by atoms with Crippen molar-refractivity contribution >= 4 is 23.2 Å². The van der Waals surface area contributed by atoms with Gasteiger partial charge in [-0.15, -0.1) is 0 Å². The lowest BCUT2D eigenvalue weighted by Crippen LogP contribution is -2.28. The summed E-state index contributed by atoms with van der Waals surface area (Å²) in [6.07, 6.45) is 3.95. The summed E-state index contributed by atoms with van der Waals surface area (Å²) < 4.78 is 4.92. The molecule has 24 heavy (non-hydrogen) atoms. The topological polar surface area (TPSA) is 21.3 Å². The van der Waals surface area contributed by atoms with E-state index in [0.717, 1.165) is 11.5 Å². The van der Waals surface area contributed by atoms with Gasteiger partial charge in [0.15, 0.2) is 0 Å². The van der Waals surface area contributed by atoms with Gasteiger partial charge < -0.3 is 10.1 Å². The van der Waals surface area contributed by atoms with Gasteiger partial charge in [0.1, 0.15) is 0 Å². The van der Waals surface area contributed by atoms with Gasteiger partial charge in [0.05, 0.1) is 16.7 Å². The first-order valence-corrected chi connectivity index (χ1v) is 9.12. The molecule has 0 radical (unpaired) electrons. The first-order chi connectivity index (χ1) is 11.7. The van der Waals surface area contributed by atoms with E-state index in [1.807, 2.05) is 6.07 Å². The Morgan fingerprint density at radius 1 is 0.958 bits per heavy atom. The summed E-state index contributed by atoms with van der Waals surface area (Å²) in [4.78, 5) is 0. The van der Waals surface area contributed by atoms with Crippen LogP contribution in [0.2, 0.25) is 10.0 Å². The fourth-order valence-corrected chi connectivity index (χ4v) is 3.15. The van der Waals surface area contributed by atoms with Crippen molar-refractivity contribution < 1.29 is 4.74 Å². The molecule has 130 valence electrons. The molecule has 3 rings (SSSR count). The normalized spacial score (nSPS) is 14.8. The van der Waals surface area contributed by atoms with Crippen molar-refractivity contribution in [2.45, 2.75) is 25.9 Å². The first kappa shape index (κ1) is 19.3. The molecular weight excluding hydrogens is 341 g/mol. The van der Waals surface area contributed by atoms with Crippen LogP contribution in [0.15, 0.2) is 48.5 Å². The van der Waals surface area contributed by atoms with E-state index in [1.54, 1.807) is 19.2 Å². The zero-order valence-electron chi connectivity index (χ0n) is 14.1. The number of benzene rings is 2. The fourth-order valence-electron chi connectivity index (χ4n) is 2.83. The second kappa shape index (κ2) is 10.7. The van der Waals surface area contributed by atoms with E-state index in [4.69, 9.17) is 27.9 Å². The minimum absolute atomic E-state index is 0.566. The maximum absolute atomic E-state index is 5.76. The molecule has 2 nitrogen and oxygen atoms in total. The van der Waals surface area contributed by atoms with Crippen LogP contribution >= 0.6 is 23.2 Å². The summed E-state index contributed by atoms with van der Waals surface area (Å²) in [5, 5.41) is 4.55. The van der Waals surface area contributed by atoms with Crippen molar-refractivity contribution in [2.24, 2.45) is 5.92 Å². The molecule has 4 heteroatoms. The molecule has 0 unspecified atom stereocenters. The van der Waals surface area contributed by atoms with Crippen LogP contribution in [-0.4, -0.2) is 20.2 Å². The smallest absolute Gasteiger partial charge is 0.0713 e. The Kier molecular flexibility index (Phi) is 8.62. The molecule has 0 saturated carbocycles. The number of methoxy groups -OCH3 is 1. The van der Waals surface area contributed by atoms with Crippen LogP contribution in [0.4, 0.5) is 0 Å². The summed E-state index contributed by atoms with van der Waals surface area (Å²) in [6, 6.07) is 16.3. The van der Waals surface area contributed by atoms with Crippen LogP contribution in [-0.2, 0) is 17.8 Å². The van der Waals surface area contributed by atoms with Crippen LogP contribution in [0, 0.1) is 5.92 Å². The molecule has 2 aromatic carbocycles. The Morgan fingerprint density at radius 3 is 2.29 bits per heavy atom. The number of nitrogens with one attached hydrogen (secondary N) is 1. The molecule has 1 heterocycles. The Labute approximate surface area is 155 Å². The van der Waals surface area contributed by atoms with Gasteiger partial charge in [-0.25, -0.2) is 0 Å². The molecule has 1 fully saturated rings. The summed E-state index contributed by atoms with van der Waals surface area (Å²) in [6.45, 7) is 2.98. The van der Waals surface area contributed by atoms with E-state index in [9.17, 15) is 0 Å². The van der Waals surface area contributed by atoms with Gasteiger partial charge in [0.2, 0.25) is 0 Å². The molecule has 1 aliphatic heterocycles. The number of ether oxygens (including phenoxy) is 1. The third kappa shape index (κ3) is 6.82. The van der Waals surface area contributed by atoms with E-state index < -0.39 is 0 Å². The molecule has 0 aromatic heterocycles. The lowest BCUT2D eigenvalue weighted by molar-refractivity contribution is 0.185. The van der Waals surface area contributed by atoms with Crippen molar-refractivity contribution in [3.8, 4) is 0 Å². The first-order valence-electron chi connectivity index (χ1n) is 8.36. The predicted octanol–water partition coefficient (Wildman–Crippen LogP) is 5.37. The van der Waals surface area contributed by atoms with Crippen molar-refractivity contribution in [1.82, 2.24) is 5.32 Å². The SMILES string of the molecule is COCc1ccc(Cl)c(Cl)c1.c1ccc(CC2CCNCC2)cc1. The van der Waals surface area contributed by atoms with Crippen molar-refractivity contribution in [1.29, 1.82) is 0 Å². The number of hydrogen-bond acceptors (Lipinski definition) is 2.